The summed E-state index contributed by atoms with van der Waals surface area (Å²) in [6, 6.07) is 14.6. The van der Waals surface area contributed by atoms with Gasteiger partial charge in [-0.05, 0) is 48.0 Å². The van der Waals surface area contributed by atoms with E-state index in [2.05, 4.69) is 5.32 Å². The average molecular weight is 365 g/mol. The van der Waals surface area contributed by atoms with Crippen molar-refractivity contribution in [1.29, 1.82) is 0 Å². The maximum absolute atomic E-state index is 13.0. The highest BCUT2D eigenvalue weighted by Gasteiger charge is 2.09. The van der Waals surface area contributed by atoms with Crippen molar-refractivity contribution in [2.45, 2.75) is 6.54 Å². The molecule has 0 saturated carbocycles. The van der Waals surface area contributed by atoms with Crippen LogP contribution in [-0.2, 0) is 6.54 Å². The van der Waals surface area contributed by atoms with Crippen LogP contribution in [0.4, 0.5) is 10.1 Å². The molecule has 2 amide bonds. The zero-order valence-electron chi connectivity index (χ0n) is 14.2. The highest BCUT2D eigenvalue weighted by molar-refractivity contribution is 6.04. The first-order chi connectivity index (χ1) is 12.9. The normalized spacial score (nSPS) is 10.4. The Balaban J connectivity index is 1.78. The number of halogens is 1. The number of benzene rings is 2. The third-order valence-corrected chi connectivity index (χ3v) is 3.94. The number of aromatic nitrogens is 1. The van der Waals surface area contributed by atoms with E-state index >= 15 is 0 Å². The predicted molar refractivity (Wildman–Crippen MR) is 99.1 cm³/mol. The van der Waals surface area contributed by atoms with Crippen molar-refractivity contribution in [3.8, 4) is 0 Å². The van der Waals surface area contributed by atoms with E-state index in [1.807, 2.05) is 0 Å². The Kier molecular flexibility index (Phi) is 5.12. The van der Waals surface area contributed by atoms with Crippen LogP contribution in [0.5, 0.6) is 0 Å². The minimum Gasteiger partial charge on any atom is -0.366 e. The van der Waals surface area contributed by atoms with E-state index < -0.39 is 11.8 Å². The number of rotatable bonds is 5. The highest BCUT2D eigenvalue weighted by Crippen LogP contribution is 2.11. The van der Waals surface area contributed by atoms with Crippen LogP contribution in [0.25, 0.3) is 0 Å². The monoisotopic (exact) mass is 365 g/mol. The van der Waals surface area contributed by atoms with E-state index in [0.29, 0.717) is 11.3 Å². The Morgan fingerprint density at radius 1 is 0.926 bits per heavy atom. The van der Waals surface area contributed by atoms with Crippen molar-refractivity contribution in [3.63, 3.8) is 0 Å². The molecule has 0 aliphatic carbocycles. The summed E-state index contributed by atoms with van der Waals surface area (Å²) in [5.74, 6) is -1.32. The van der Waals surface area contributed by atoms with Crippen molar-refractivity contribution in [2.24, 2.45) is 5.73 Å². The van der Waals surface area contributed by atoms with Gasteiger partial charge >= 0.3 is 0 Å². The number of anilines is 1. The number of pyridine rings is 1. The fourth-order valence-corrected chi connectivity index (χ4v) is 2.50. The average Bonchev–Trinajstić information content (AvgIpc) is 2.65. The lowest BCUT2D eigenvalue weighted by molar-refractivity contribution is 0.0998. The first-order valence-electron chi connectivity index (χ1n) is 8.08. The number of nitrogens with two attached hydrogens (primary N) is 1. The molecule has 3 rings (SSSR count). The summed E-state index contributed by atoms with van der Waals surface area (Å²) in [6.45, 7) is 0.216. The number of hydrogen-bond donors (Lipinski definition) is 2. The minimum absolute atomic E-state index is 0.216. The molecule has 0 bridgehead atoms. The molecule has 1 aromatic heterocycles. The number of hydrogen-bond acceptors (Lipinski definition) is 3. The van der Waals surface area contributed by atoms with Gasteiger partial charge in [0, 0.05) is 23.5 Å². The van der Waals surface area contributed by atoms with Gasteiger partial charge in [0.1, 0.15) is 5.82 Å². The summed E-state index contributed by atoms with van der Waals surface area (Å²) < 4.78 is 14.4. The Morgan fingerprint density at radius 2 is 1.56 bits per heavy atom. The fraction of sp³-hybridized carbons (Fsp3) is 0.0500. The predicted octanol–water partition coefficient (Wildman–Crippen LogP) is 2.39. The van der Waals surface area contributed by atoms with Crippen molar-refractivity contribution in [1.82, 2.24) is 4.57 Å². The summed E-state index contributed by atoms with van der Waals surface area (Å²) in [4.78, 5) is 35.5. The molecule has 0 saturated heterocycles. The van der Waals surface area contributed by atoms with Crippen LogP contribution < -0.4 is 16.6 Å². The molecule has 0 fully saturated rings. The molecule has 7 heteroatoms. The lowest BCUT2D eigenvalue weighted by atomic mass is 10.2. The molecule has 0 atom stereocenters. The molecule has 6 nitrogen and oxygen atoms in total. The van der Waals surface area contributed by atoms with E-state index in [4.69, 9.17) is 5.73 Å². The minimum atomic E-state index is -0.555. The number of primary amides is 1. The van der Waals surface area contributed by atoms with E-state index in [9.17, 15) is 18.8 Å². The first-order valence-corrected chi connectivity index (χ1v) is 8.08. The Hall–Kier alpha value is -3.74. The first kappa shape index (κ1) is 18.1. The summed E-state index contributed by atoms with van der Waals surface area (Å²) in [6.07, 6.45) is 1.44. The van der Waals surface area contributed by atoms with Crippen molar-refractivity contribution < 1.29 is 14.0 Å². The van der Waals surface area contributed by atoms with Crippen molar-refractivity contribution in [2.75, 3.05) is 5.32 Å². The van der Waals surface area contributed by atoms with Gasteiger partial charge in [0.05, 0.1) is 12.1 Å². The zero-order valence-corrected chi connectivity index (χ0v) is 14.2. The van der Waals surface area contributed by atoms with Gasteiger partial charge in [-0.1, -0.05) is 12.1 Å². The second-order valence-corrected chi connectivity index (χ2v) is 5.91. The smallest absolute Gasteiger partial charge is 0.257 e. The second kappa shape index (κ2) is 7.65. The molecule has 1 heterocycles. The van der Waals surface area contributed by atoms with Gasteiger partial charge in [-0.3, -0.25) is 14.4 Å². The summed E-state index contributed by atoms with van der Waals surface area (Å²) in [5.41, 5.74) is 6.75. The summed E-state index contributed by atoms with van der Waals surface area (Å²) in [5, 5.41) is 2.69. The Morgan fingerprint density at radius 3 is 2.19 bits per heavy atom. The topological polar surface area (TPSA) is 94.2 Å². The molecule has 3 aromatic rings. The molecule has 0 aliphatic heterocycles. The molecule has 3 N–H and O–H groups in total. The number of amides is 2. The van der Waals surface area contributed by atoms with Gasteiger partial charge in [-0.25, -0.2) is 4.39 Å². The lowest BCUT2D eigenvalue weighted by Crippen LogP contribution is -2.22. The third-order valence-electron chi connectivity index (χ3n) is 3.94. The van der Waals surface area contributed by atoms with Gasteiger partial charge in [-0.15, -0.1) is 0 Å². The standard InChI is InChI=1S/C20H16FN3O3/c21-16-6-1-13(2-7-16)11-24-12-15(5-10-18(24)25)20(27)23-17-8-3-14(4-9-17)19(22)26/h1-10,12H,11H2,(H2,22,26)(H,23,27). The van der Waals surface area contributed by atoms with Gasteiger partial charge in [0.15, 0.2) is 0 Å². The lowest BCUT2D eigenvalue weighted by Gasteiger charge is -2.09. The Bertz CT molecular complexity index is 1040. The van der Waals surface area contributed by atoms with E-state index in [1.165, 1.54) is 47.2 Å². The van der Waals surface area contributed by atoms with Crippen LogP contribution >= 0.6 is 0 Å². The van der Waals surface area contributed by atoms with Crippen LogP contribution in [0.2, 0.25) is 0 Å². The number of nitrogens with one attached hydrogen (secondary N) is 1. The molecule has 0 aliphatic rings. The highest BCUT2D eigenvalue weighted by atomic mass is 19.1. The maximum atomic E-state index is 13.0. The van der Waals surface area contributed by atoms with Crippen LogP contribution in [0, 0.1) is 5.82 Å². The zero-order chi connectivity index (χ0) is 19.4. The largest absolute Gasteiger partial charge is 0.366 e. The van der Waals surface area contributed by atoms with Gasteiger partial charge < -0.3 is 15.6 Å². The van der Waals surface area contributed by atoms with Gasteiger partial charge in [0.2, 0.25) is 5.91 Å². The quantitative estimate of drug-likeness (QED) is 0.727. The molecule has 0 radical (unpaired) electrons. The molecule has 136 valence electrons. The van der Waals surface area contributed by atoms with Crippen LogP contribution in [-0.4, -0.2) is 16.4 Å². The van der Waals surface area contributed by atoms with Crippen LogP contribution in [0.3, 0.4) is 0 Å². The number of carbonyl (C=O) groups is 2. The van der Waals surface area contributed by atoms with E-state index in [-0.39, 0.29) is 23.5 Å². The molecule has 2 aromatic carbocycles. The van der Waals surface area contributed by atoms with Crippen LogP contribution in [0.1, 0.15) is 26.3 Å². The molecule has 0 unspecified atom stereocenters. The molecular formula is C20H16FN3O3. The molecular weight excluding hydrogens is 349 g/mol. The molecule has 27 heavy (non-hydrogen) atoms. The Labute approximate surface area is 154 Å². The molecule has 0 spiro atoms. The number of carbonyl (C=O) groups excluding carboxylic acids is 2. The fourth-order valence-electron chi connectivity index (χ4n) is 2.50. The van der Waals surface area contributed by atoms with E-state index in [1.54, 1.807) is 24.3 Å². The number of nitrogens with zero attached hydrogens (tertiary/aromatic N) is 1. The van der Waals surface area contributed by atoms with Crippen LogP contribution in [0.15, 0.2) is 71.7 Å². The third kappa shape index (κ3) is 4.46. The second-order valence-electron chi connectivity index (χ2n) is 5.91. The van der Waals surface area contributed by atoms with Crippen molar-refractivity contribution >= 4 is 17.5 Å². The maximum Gasteiger partial charge on any atom is 0.257 e. The van der Waals surface area contributed by atoms with Gasteiger partial charge in [-0.2, -0.15) is 0 Å². The van der Waals surface area contributed by atoms with Gasteiger partial charge in [0.25, 0.3) is 11.5 Å². The summed E-state index contributed by atoms with van der Waals surface area (Å²) >= 11 is 0. The van der Waals surface area contributed by atoms with E-state index in [0.717, 1.165) is 5.56 Å². The van der Waals surface area contributed by atoms with Crippen molar-refractivity contribution in [3.05, 3.63) is 99.7 Å². The summed E-state index contributed by atoms with van der Waals surface area (Å²) in [7, 11) is 0. The SMILES string of the molecule is NC(=O)c1ccc(NC(=O)c2ccc(=O)n(Cc3ccc(F)cc3)c2)cc1.